The lowest BCUT2D eigenvalue weighted by molar-refractivity contribution is -0.144. The Morgan fingerprint density at radius 1 is 1.47 bits per heavy atom. The first kappa shape index (κ1) is 13.9. The molecule has 0 aromatic carbocycles. The van der Waals surface area contributed by atoms with Crippen LogP contribution in [0.3, 0.4) is 0 Å². The maximum Gasteiger partial charge on any atom is 0.330 e. The largest absolute Gasteiger partial charge is 0.464 e. The first-order valence-corrected chi connectivity index (χ1v) is 5.28. The summed E-state index contributed by atoms with van der Waals surface area (Å²) in [5, 5.41) is 0. The van der Waals surface area contributed by atoms with Crippen LogP contribution in [0.15, 0.2) is 4.99 Å². The molecular formula is C10H21N3O2. The van der Waals surface area contributed by atoms with E-state index < -0.39 is 6.04 Å². The van der Waals surface area contributed by atoms with Crippen molar-refractivity contribution < 1.29 is 9.53 Å². The second-order valence-electron chi connectivity index (χ2n) is 3.32. The Morgan fingerprint density at radius 2 is 2.13 bits per heavy atom. The number of nitrogens with two attached hydrogens (primary N) is 2. The monoisotopic (exact) mass is 215 g/mol. The van der Waals surface area contributed by atoms with Crippen LogP contribution in [0, 0.1) is 0 Å². The Labute approximate surface area is 90.9 Å². The molecular weight excluding hydrogens is 194 g/mol. The summed E-state index contributed by atoms with van der Waals surface area (Å²) in [4.78, 5) is 15.5. The molecule has 0 radical (unpaired) electrons. The summed E-state index contributed by atoms with van der Waals surface area (Å²) in [6.45, 7) is 4.43. The summed E-state index contributed by atoms with van der Waals surface area (Å²) in [5.74, 6) is 0.0973. The molecule has 0 saturated carbocycles. The number of unbranched alkanes of at least 4 members (excludes halogenated alkanes) is 1. The molecule has 5 nitrogen and oxygen atoms in total. The average Bonchev–Trinajstić information content (AvgIpc) is 2.16. The van der Waals surface area contributed by atoms with Gasteiger partial charge in [-0.3, -0.25) is 4.99 Å². The van der Waals surface area contributed by atoms with Gasteiger partial charge in [0.15, 0.2) is 0 Å². The van der Waals surface area contributed by atoms with E-state index in [-0.39, 0.29) is 5.97 Å². The fraction of sp³-hybridized carbons (Fsp3) is 0.800. The Morgan fingerprint density at radius 3 is 2.60 bits per heavy atom. The van der Waals surface area contributed by atoms with Crippen molar-refractivity contribution in [3.63, 3.8) is 0 Å². The van der Waals surface area contributed by atoms with E-state index >= 15 is 0 Å². The topological polar surface area (TPSA) is 90.7 Å². The highest BCUT2D eigenvalue weighted by Crippen LogP contribution is 2.06. The highest BCUT2D eigenvalue weighted by atomic mass is 16.5. The summed E-state index contributed by atoms with van der Waals surface area (Å²) in [5.41, 5.74) is 10.8. The van der Waals surface area contributed by atoms with Gasteiger partial charge in [0.1, 0.15) is 6.04 Å². The molecule has 0 unspecified atom stereocenters. The molecule has 5 heteroatoms. The third-order valence-electron chi connectivity index (χ3n) is 1.85. The van der Waals surface area contributed by atoms with Crippen molar-refractivity contribution in [3.8, 4) is 0 Å². The molecule has 0 aliphatic carbocycles. The van der Waals surface area contributed by atoms with E-state index in [0.717, 1.165) is 12.8 Å². The van der Waals surface area contributed by atoms with Crippen LogP contribution in [-0.2, 0) is 9.53 Å². The number of carbonyl (C=O) groups is 1. The van der Waals surface area contributed by atoms with Gasteiger partial charge in [-0.2, -0.15) is 0 Å². The zero-order valence-corrected chi connectivity index (χ0v) is 9.53. The van der Waals surface area contributed by atoms with Gasteiger partial charge in [0.05, 0.1) is 12.4 Å². The van der Waals surface area contributed by atoms with Crippen LogP contribution < -0.4 is 11.5 Å². The molecule has 0 aliphatic rings. The molecule has 0 saturated heterocycles. The minimum Gasteiger partial charge on any atom is -0.464 e. The second-order valence-corrected chi connectivity index (χ2v) is 3.32. The number of rotatable bonds is 7. The quantitative estimate of drug-likeness (QED) is 0.279. The fourth-order valence-corrected chi connectivity index (χ4v) is 1.20. The van der Waals surface area contributed by atoms with E-state index in [1.165, 1.54) is 0 Å². The minimum atomic E-state index is -0.471. The molecule has 15 heavy (non-hydrogen) atoms. The number of amidine groups is 1. The maximum absolute atomic E-state index is 11.5. The molecule has 1 atom stereocenters. The molecule has 0 spiro atoms. The number of hydrogen-bond acceptors (Lipinski definition) is 4. The third-order valence-corrected chi connectivity index (χ3v) is 1.85. The minimum absolute atomic E-state index is 0.306. The summed E-state index contributed by atoms with van der Waals surface area (Å²) < 4.78 is 4.90. The smallest absolute Gasteiger partial charge is 0.330 e. The van der Waals surface area contributed by atoms with Gasteiger partial charge in [-0.1, -0.05) is 0 Å². The van der Waals surface area contributed by atoms with Gasteiger partial charge in [-0.05, 0) is 39.7 Å². The molecule has 0 fully saturated rings. The van der Waals surface area contributed by atoms with E-state index in [1.54, 1.807) is 13.8 Å². The van der Waals surface area contributed by atoms with Crippen LogP contribution in [-0.4, -0.2) is 31.0 Å². The predicted octanol–water partition coefficient (Wildman–Crippen LogP) is 0.424. The predicted molar refractivity (Wildman–Crippen MR) is 60.6 cm³/mol. The first-order valence-electron chi connectivity index (χ1n) is 5.28. The van der Waals surface area contributed by atoms with Crippen LogP contribution in [0.5, 0.6) is 0 Å². The van der Waals surface area contributed by atoms with Gasteiger partial charge < -0.3 is 16.2 Å². The second kappa shape index (κ2) is 8.23. The van der Waals surface area contributed by atoms with Gasteiger partial charge in [0.25, 0.3) is 0 Å². The summed E-state index contributed by atoms with van der Waals surface area (Å²) >= 11 is 0. The summed E-state index contributed by atoms with van der Waals surface area (Å²) in [6.07, 6.45) is 2.39. The summed E-state index contributed by atoms with van der Waals surface area (Å²) in [7, 11) is 0. The van der Waals surface area contributed by atoms with Crippen molar-refractivity contribution in [3.05, 3.63) is 0 Å². The van der Waals surface area contributed by atoms with Crippen molar-refractivity contribution in [2.45, 2.75) is 39.2 Å². The number of esters is 1. The molecule has 88 valence electrons. The number of nitrogens with zero attached hydrogens (tertiary/aromatic N) is 1. The van der Waals surface area contributed by atoms with Crippen LogP contribution in [0.25, 0.3) is 0 Å². The molecule has 4 N–H and O–H groups in total. The Balaban J connectivity index is 4.18. The zero-order valence-electron chi connectivity index (χ0n) is 9.53. The van der Waals surface area contributed by atoms with Crippen molar-refractivity contribution in [1.82, 2.24) is 0 Å². The number of ether oxygens (including phenoxy) is 1. The van der Waals surface area contributed by atoms with E-state index in [2.05, 4.69) is 4.99 Å². The number of aliphatic imine (C=N–C) groups is 1. The maximum atomic E-state index is 11.5. The number of hydrogen-bond donors (Lipinski definition) is 2. The van der Waals surface area contributed by atoms with E-state index in [1.807, 2.05) is 0 Å². The lowest BCUT2D eigenvalue weighted by atomic mass is 10.1. The van der Waals surface area contributed by atoms with Crippen molar-refractivity contribution in [1.29, 1.82) is 0 Å². The van der Waals surface area contributed by atoms with Crippen LogP contribution in [0.4, 0.5) is 0 Å². The Kier molecular flexibility index (Phi) is 7.62. The van der Waals surface area contributed by atoms with Crippen LogP contribution in [0.2, 0.25) is 0 Å². The van der Waals surface area contributed by atoms with Crippen molar-refractivity contribution >= 4 is 11.8 Å². The van der Waals surface area contributed by atoms with Crippen LogP contribution in [0.1, 0.15) is 33.1 Å². The molecule has 0 amide bonds. The Bertz CT molecular complexity index is 213. The first-order chi connectivity index (χ1) is 7.11. The van der Waals surface area contributed by atoms with Gasteiger partial charge in [-0.25, -0.2) is 4.79 Å². The standard InChI is InChI=1S/C10H21N3O2/c1-3-15-10(14)9(13-8(2)12)6-4-5-7-11/h9H,3-7,11H2,1-2H3,(H2,12,13)/t9-/m0/s1. The summed E-state index contributed by atoms with van der Waals surface area (Å²) in [6, 6.07) is -0.471. The molecule has 0 aromatic rings. The highest BCUT2D eigenvalue weighted by molar-refractivity contribution is 5.83. The average molecular weight is 215 g/mol. The highest BCUT2D eigenvalue weighted by Gasteiger charge is 2.17. The van der Waals surface area contributed by atoms with E-state index in [4.69, 9.17) is 16.2 Å². The van der Waals surface area contributed by atoms with Crippen molar-refractivity contribution in [2.24, 2.45) is 16.5 Å². The number of carbonyl (C=O) groups excluding carboxylic acids is 1. The van der Waals surface area contributed by atoms with Crippen LogP contribution >= 0.6 is 0 Å². The third kappa shape index (κ3) is 6.90. The Hall–Kier alpha value is -1.10. The van der Waals surface area contributed by atoms with E-state index in [0.29, 0.717) is 25.4 Å². The van der Waals surface area contributed by atoms with Gasteiger partial charge in [0.2, 0.25) is 0 Å². The molecule has 0 bridgehead atoms. The lowest BCUT2D eigenvalue weighted by Crippen LogP contribution is -2.24. The molecule has 0 rings (SSSR count). The van der Waals surface area contributed by atoms with Gasteiger partial charge in [-0.15, -0.1) is 0 Å². The fourth-order valence-electron chi connectivity index (χ4n) is 1.20. The lowest BCUT2D eigenvalue weighted by Gasteiger charge is -2.11. The molecule has 0 heterocycles. The van der Waals surface area contributed by atoms with E-state index in [9.17, 15) is 4.79 Å². The molecule has 0 aromatic heterocycles. The molecule has 0 aliphatic heterocycles. The normalized spacial score (nSPS) is 13.7. The van der Waals surface area contributed by atoms with Crippen molar-refractivity contribution in [2.75, 3.05) is 13.2 Å². The SMILES string of the molecule is CCOC(=O)[C@H](CCCCN)N=C(C)N. The zero-order chi connectivity index (χ0) is 11.7. The van der Waals surface area contributed by atoms with Gasteiger partial charge in [0, 0.05) is 0 Å². The van der Waals surface area contributed by atoms with Gasteiger partial charge >= 0.3 is 5.97 Å².